The molecule has 0 radical (unpaired) electrons. The van der Waals surface area contributed by atoms with E-state index < -0.39 is 11.0 Å². The standard InChI is InChI=1S/C22H22N2O5/c1-18(16-28-2)15-23(22(25)29-17-20-7-4-3-5-8-20)14-6-9-19-10-12-21(13-11-19)24(26)27/h3-5,7-8,10-13H,1,14-17H2,2H3. The molecule has 0 aliphatic heterocycles. The first-order valence-corrected chi connectivity index (χ1v) is 8.84. The molecule has 2 rings (SSSR count). The summed E-state index contributed by atoms with van der Waals surface area (Å²) in [6.07, 6.45) is -0.510. The molecule has 2 aromatic rings. The van der Waals surface area contributed by atoms with E-state index in [1.54, 1.807) is 19.2 Å². The van der Waals surface area contributed by atoms with Crippen LogP contribution in [-0.2, 0) is 16.1 Å². The molecule has 29 heavy (non-hydrogen) atoms. The third-order valence-corrected chi connectivity index (χ3v) is 3.81. The van der Waals surface area contributed by atoms with Crippen LogP contribution >= 0.6 is 0 Å². The lowest BCUT2D eigenvalue weighted by Gasteiger charge is -2.20. The third kappa shape index (κ3) is 7.48. The second kappa shape index (κ2) is 11.3. The van der Waals surface area contributed by atoms with Crippen LogP contribution < -0.4 is 0 Å². The molecule has 1 amide bonds. The average molecular weight is 394 g/mol. The van der Waals surface area contributed by atoms with Crippen LogP contribution in [0, 0.1) is 22.0 Å². The van der Waals surface area contributed by atoms with Crippen LogP contribution in [0.1, 0.15) is 11.1 Å². The number of nitro benzene ring substituents is 1. The van der Waals surface area contributed by atoms with E-state index in [2.05, 4.69) is 18.4 Å². The topological polar surface area (TPSA) is 81.9 Å². The molecule has 0 unspecified atom stereocenters. The number of amides is 1. The zero-order valence-corrected chi connectivity index (χ0v) is 16.2. The molecular formula is C22H22N2O5. The summed E-state index contributed by atoms with van der Waals surface area (Å²) in [4.78, 5) is 24.2. The van der Waals surface area contributed by atoms with Crippen LogP contribution in [0.5, 0.6) is 0 Å². The Bertz CT molecular complexity index is 898. The Morgan fingerprint density at radius 2 is 1.86 bits per heavy atom. The van der Waals surface area contributed by atoms with Gasteiger partial charge in [-0.1, -0.05) is 48.8 Å². The fraction of sp³-hybridized carbons (Fsp3) is 0.227. The van der Waals surface area contributed by atoms with Crippen molar-refractivity contribution in [3.63, 3.8) is 0 Å². The minimum Gasteiger partial charge on any atom is -0.445 e. The van der Waals surface area contributed by atoms with Crippen molar-refractivity contribution in [2.75, 3.05) is 26.8 Å². The molecule has 0 aliphatic rings. The van der Waals surface area contributed by atoms with Gasteiger partial charge in [0.05, 0.1) is 18.1 Å². The predicted octanol–water partition coefficient (Wildman–Crippen LogP) is 3.79. The van der Waals surface area contributed by atoms with Crippen molar-refractivity contribution in [2.24, 2.45) is 0 Å². The van der Waals surface area contributed by atoms with Crippen molar-refractivity contribution < 1.29 is 19.2 Å². The van der Waals surface area contributed by atoms with Crippen molar-refractivity contribution in [3.8, 4) is 11.8 Å². The molecule has 7 heteroatoms. The van der Waals surface area contributed by atoms with Gasteiger partial charge in [0.1, 0.15) is 6.61 Å². The van der Waals surface area contributed by atoms with E-state index in [1.807, 2.05) is 30.3 Å². The highest BCUT2D eigenvalue weighted by Gasteiger charge is 2.15. The number of carbonyl (C=O) groups is 1. The minimum atomic E-state index is -0.510. The summed E-state index contributed by atoms with van der Waals surface area (Å²) in [6.45, 7) is 4.73. The van der Waals surface area contributed by atoms with E-state index in [9.17, 15) is 14.9 Å². The molecule has 0 saturated carbocycles. The van der Waals surface area contributed by atoms with Crippen LogP contribution in [0.25, 0.3) is 0 Å². The Labute approximate surface area is 169 Å². The van der Waals surface area contributed by atoms with Crippen LogP contribution in [0.4, 0.5) is 10.5 Å². The molecule has 150 valence electrons. The van der Waals surface area contributed by atoms with Crippen molar-refractivity contribution in [1.29, 1.82) is 0 Å². The number of nitro groups is 1. The first kappa shape index (κ1) is 21.7. The maximum absolute atomic E-state index is 12.5. The molecular weight excluding hydrogens is 372 g/mol. The molecule has 0 fully saturated rings. The summed E-state index contributed by atoms with van der Waals surface area (Å²) in [5, 5.41) is 10.7. The van der Waals surface area contributed by atoms with E-state index in [0.29, 0.717) is 17.7 Å². The van der Waals surface area contributed by atoms with Gasteiger partial charge in [0.25, 0.3) is 5.69 Å². The first-order chi connectivity index (χ1) is 14.0. The molecule has 0 atom stereocenters. The Morgan fingerprint density at radius 3 is 2.48 bits per heavy atom. The number of carbonyl (C=O) groups excluding carboxylic acids is 1. The Morgan fingerprint density at radius 1 is 1.17 bits per heavy atom. The number of rotatable bonds is 8. The van der Waals surface area contributed by atoms with Crippen LogP contribution in [0.3, 0.4) is 0 Å². The maximum Gasteiger partial charge on any atom is 0.411 e. The van der Waals surface area contributed by atoms with E-state index >= 15 is 0 Å². The van der Waals surface area contributed by atoms with E-state index in [4.69, 9.17) is 9.47 Å². The normalized spacial score (nSPS) is 9.83. The minimum absolute atomic E-state index is 0.00229. The zero-order chi connectivity index (χ0) is 21.1. The smallest absolute Gasteiger partial charge is 0.411 e. The summed E-state index contributed by atoms with van der Waals surface area (Å²) in [5.41, 5.74) is 2.20. The van der Waals surface area contributed by atoms with E-state index in [0.717, 1.165) is 5.56 Å². The van der Waals surface area contributed by atoms with Gasteiger partial charge in [0, 0.05) is 31.4 Å². The van der Waals surface area contributed by atoms with Crippen LogP contribution in [0.2, 0.25) is 0 Å². The van der Waals surface area contributed by atoms with Crippen molar-refractivity contribution in [3.05, 3.63) is 88.0 Å². The summed E-state index contributed by atoms with van der Waals surface area (Å²) in [5.74, 6) is 5.79. The quantitative estimate of drug-likeness (QED) is 0.294. The number of hydrogen-bond donors (Lipinski definition) is 0. The highest BCUT2D eigenvalue weighted by Crippen LogP contribution is 2.11. The van der Waals surface area contributed by atoms with Gasteiger partial charge in [-0.2, -0.15) is 0 Å². The van der Waals surface area contributed by atoms with Gasteiger partial charge in [0.15, 0.2) is 0 Å². The van der Waals surface area contributed by atoms with Gasteiger partial charge in [-0.25, -0.2) is 4.79 Å². The van der Waals surface area contributed by atoms with Crippen molar-refractivity contribution in [1.82, 2.24) is 4.90 Å². The largest absolute Gasteiger partial charge is 0.445 e. The zero-order valence-electron chi connectivity index (χ0n) is 16.2. The lowest BCUT2D eigenvalue weighted by Crippen LogP contribution is -2.34. The second-order valence-corrected chi connectivity index (χ2v) is 6.19. The predicted molar refractivity (Wildman–Crippen MR) is 109 cm³/mol. The highest BCUT2D eigenvalue weighted by atomic mass is 16.6. The molecule has 0 aliphatic carbocycles. The van der Waals surface area contributed by atoms with Crippen LogP contribution in [0.15, 0.2) is 66.7 Å². The second-order valence-electron chi connectivity index (χ2n) is 6.19. The number of methoxy groups -OCH3 is 1. The van der Waals surface area contributed by atoms with E-state index in [1.165, 1.54) is 17.0 Å². The number of benzene rings is 2. The molecule has 2 aromatic carbocycles. The lowest BCUT2D eigenvalue weighted by atomic mass is 10.2. The lowest BCUT2D eigenvalue weighted by molar-refractivity contribution is -0.384. The Hall–Kier alpha value is -3.63. The average Bonchev–Trinajstić information content (AvgIpc) is 2.72. The van der Waals surface area contributed by atoms with Gasteiger partial charge in [-0.05, 0) is 23.3 Å². The monoisotopic (exact) mass is 394 g/mol. The van der Waals surface area contributed by atoms with Gasteiger partial charge in [0.2, 0.25) is 0 Å². The van der Waals surface area contributed by atoms with Crippen molar-refractivity contribution in [2.45, 2.75) is 6.61 Å². The fourth-order valence-electron chi connectivity index (χ4n) is 2.42. The molecule has 0 bridgehead atoms. The fourth-order valence-corrected chi connectivity index (χ4v) is 2.42. The molecule has 0 N–H and O–H groups in total. The highest BCUT2D eigenvalue weighted by molar-refractivity contribution is 5.68. The van der Waals surface area contributed by atoms with Crippen LogP contribution in [-0.4, -0.2) is 42.7 Å². The summed E-state index contributed by atoms with van der Waals surface area (Å²) in [6, 6.07) is 15.3. The van der Waals surface area contributed by atoms with Gasteiger partial charge in [-0.15, -0.1) is 0 Å². The van der Waals surface area contributed by atoms with E-state index in [-0.39, 0.29) is 25.4 Å². The molecule has 0 spiro atoms. The first-order valence-electron chi connectivity index (χ1n) is 8.84. The number of nitrogens with zero attached hydrogens (tertiary/aromatic N) is 2. The summed E-state index contributed by atoms with van der Waals surface area (Å²) in [7, 11) is 1.55. The molecule has 0 aromatic heterocycles. The Kier molecular flexibility index (Phi) is 8.42. The number of non-ortho nitro benzene ring substituents is 1. The number of ether oxygens (including phenoxy) is 2. The maximum atomic E-state index is 12.5. The van der Waals surface area contributed by atoms with Gasteiger partial charge in [-0.3, -0.25) is 15.0 Å². The summed E-state index contributed by atoms with van der Waals surface area (Å²) < 4.78 is 10.4. The SMILES string of the molecule is C=C(COC)CN(CC#Cc1ccc([N+](=O)[O-])cc1)C(=O)OCc1ccccc1. The summed E-state index contributed by atoms with van der Waals surface area (Å²) >= 11 is 0. The van der Waals surface area contributed by atoms with Gasteiger partial charge < -0.3 is 9.47 Å². The Balaban J connectivity index is 2.02. The molecule has 7 nitrogen and oxygen atoms in total. The van der Waals surface area contributed by atoms with Gasteiger partial charge >= 0.3 is 6.09 Å². The molecule has 0 heterocycles. The van der Waals surface area contributed by atoms with Crippen molar-refractivity contribution >= 4 is 11.8 Å². The number of hydrogen-bond acceptors (Lipinski definition) is 5. The molecule has 0 saturated heterocycles. The third-order valence-electron chi connectivity index (χ3n) is 3.81.